The molecule has 0 amide bonds. The van der Waals surface area contributed by atoms with E-state index < -0.39 is 0 Å². The predicted octanol–water partition coefficient (Wildman–Crippen LogP) is 4.98. The molecule has 0 atom stereocenters. The van der Waals surface area contributed by atoms with Crippen molar-refractivity contribution in [3.8, 4) is 0 Å². The van der Waals surface area contributed by atoms with E-state index >= 15 is 0 Å². The molecule has 0 aliphatic rings. The summed E-state index contributed by atoms with van der Waals surface area (Å²) in [5.41, 5.74) is 1.52. The lowest BCUT2D eigenvalue weighted by molar-refractivity contribution is 0.717. The minimum atomic E-state index is 0.184. The van der Waals surface area contributed by atoms with E-state index in [2.05, 4.69) is 58.0 Å². The second kappa shape index (κ2) is 7.07. The molecule has 0 saturated heterocycles. The molecule has 1 aromatic rings. The van der Waals surface area contributed by atoms with Gasteiger partial charge in [-0.05, 0) is 35.9 Å². The fraction of sp³-hybridized carbons (Fsp3) is 0.600. The molecule has 0 aliphatic heterocycles. The van der Waals surface area contributed by atoms with Crippen LogP contribution in [-0.4, -0.2) is 12.3 Å². The summed E-state index contributed by atoms with van der Waals surface area (Å²) in [6.07, 6.45) is 4.15. The van der Waals surface area contributed by atoms with Gasteiger partial charge in [0.25, 0.3) is 0 Å². The van der Waals surface area contributed by atoms with Crippen LogP contribution in [0.4, 0.5) is 0 Å². The molecule has 0 heterocycles. The molecule has 0 radical (unpaired) electrons. The van der Waals surface area contributed by atoms with Crippen molar-refractivity contribution in [2.75, 3.05) is 12.3 Å². The van der Waals surface area contributed by atoms with E-state index in [1.807, 2.05) is 0 Å². The maximum Gasteiger partial charge on any atom is -0.00729 e. The Kier molecular flexibility index (Phi) is 6.06. The van der Waals surface area contributed by atoms with Crippen molar-refractivity contribution in [1.82, 2.24) is 0 Å². The summed E-state index contributed by atoms with van der Waals surface area (Å²) < 4.78 is 0. The summed E-state index contributed by atoms with van der Waals surface area (Å²) in [6.45, 7) is 9.39. The van der Waals surface area contributed by atoms with E-state index in [1.54, 1.807) is 0 Å². The summed E-state index contributed by atoms with van der Waals surface area (Å²) in [4.78, 5) is 0. The topological polar surface area (TPSA) is 0 Å². The van der Waals surface area contributed by atoms with Gasteiger partial charge in [-0.1, -0.05) is 58.0 Å². The first-order valence-electron chi connectivity index (χ1n) is 6.34. The summed E-state index contributed by atoms with van der Waals surface area (Å²) in [6, 6.07) is 11.0. The SMILES string of the molecule is CC(C)CP(Cc1ccccc1)CC(C)C. The molecular formula is C15H25P. The van der Waals surface area contributed by atoms with Crippen molar-refractivity contribution in [1.29, 1.82) is 0 Å². The average molecular weight is 236 g/mol. The second-order valence-corrected chi connectivity index (χ2v) is 7.86. The number of benzene rings is 1. The lowest BCUT2D eigenvalue weighted by atomic mass is 10.2. The van der Waals surface area contributed by atoms with Crippen LogP contribution in [-0.2, 0) is 6.16 Å². The van der Waals surface area contributed by atoms with Gasteiger partial charge < -0.3 is 0 Å². The maximum atomic E-state index is 2.35. The molecule has 16 heavy (non-hydrogen) atoms. The van der Waals surface area contributed by atoms with Crippen LogP contribution in [0, 0.1) is 11.8 Å². The third kappa shape index (κ3) is 5.66. The zero-order valence-corrected chi connectivity index (χ0v) is 12.0. The van der Waals surface area contributed by atoms with Gasteiger partial charge in [0.15, 0.2) is 0 Å². The largest absolute Gasteiger partial charge is 0.102 e. The molecule has 1 rings (SSSR count). The highest BCUT2D eigenvalue weighted by atomic mass is 31.1. The Morgan fingerprint density at radius 2 is 1.38 bits per heavy atom. The van der Waals surface area contributed by atoms with Crippen LogP contribution >= 0.6 is 7.92 Å². The zero-order valence-electron chi connectivity index (χ0n) is 11.1. The van der Waals surface area contributed by atoms with Crippen molar-refractivity contribution in [3.63, 3.8) is 0 Å². The van der Waals surface area contributed by atoms with E-state index in [0.717, 1.165) is 11.8 Å². The van der Waals surface area contributed by atoms with E-state index in [0.29, 0.717) is 0 Å². The van der Waals surface area contributed by atoms with Crippen LogP contribution in [0.2, 0.25) is 0 Å². The van der Waals surface area contributed by atoms with Crippen molar-refractivity contribution >= 4 is 7.92 Å². The van der Waals surface area contributed by atoms with Gasteiger partial charge in [0.2, 0.25) is 0 Å². The minimum Gasteiger partial charge on any atom is -0.102 e. The van der Waals surface area contributed by atoms with Crippen LogP contribution in [0.1, 0.15) is 33.3 Å². The molecule has 0 saturated carbocycles. The van der Waals surface area contributed by atoms with Gasteiger partial charge in [-0.3, -0.25) is 0 Å². The number of hydrogen-bond acceptors (Lipinski definition) is 0. The fourth-order valence-corrected chi connectivity index (χ4v) is 5.28. The third-order valence-corrected chi connectivity index (χ3v) is 5.80. The van der Waals surface area contributed by atoms with E-state index in [-0.39, 0.29) is 7.92 Å². The minimum absolute atomic E-state index is 0.184. The van der Waals surface area contributed by atoms with E-state index in [4.69, 9.17) is 0 Å². The summed E-state index contributed by atoms with van der Waals surface area (Å²) in [5, 5.41) is 0. The summed E-state index contributed by atoms with van der Waals surface area (Å²) in [5.74, 6) is 1.68. The lowest BCUT2D eigenvalue weighted by Gasteiger charge is -2.22. The molecule has 0 N–H and O–H groups in total. The second-order valence-electron chi connectivity index (χ2n) is 5.47. The van der Waals surface area contributed by atoms with Gasteiger partial charge in [-0.15, -0.1) is 7.92 Å². The predicted molar refractivity (Wildman–Crippen MR) is 76.5 cm³/mol. The normalized spacial score (nSPS) is 11.7. The highest BCUT2D eigenvalue weighted by Crippen LogP contribution is 2.43. The van der Waals surface area contributed by atoms with Gasteiger partial charge >= 0.3 is 0 Å². The van der Waals surface area contributed by atoms with Gasteiger partial charge in [0, 0.05) is 0 Å². The van der Waals surface area contributed by atoms with Crippen LogP contribution in [0.25, 0.3) is 0 Å². The maximum absolute atomic E-state index is 2.35. The molecule has 0 fully saturated rings. The Bertz CT molecular complexity index is 267. The fourth-order valence-electron chi connectivity index (χ4n) is 2.08. The summed E-state index contributed by atoms with van der Waals surface area (Å²) >= 11 is 0. The van der Waals surface area contributed by atoms with Crippen molar-refractivity contribution < 1.29 is 0 Å². The van der Waals surface area contributed by atoms with Crippen LogP contribution < -0.4 is 0 Å². The molecule has 1 heteroatoms. The quantitative estimate of drug-likeness (QED) is 0.611. The van der Waals surface area contributed by atoms with Crippen molar-refractivity contribution in [2.45, 2.75) is 33.9 Å². The van der Waals surface area contributed by atoms with Crippen LogP contribution in [0.5, 0.6) is 0 Å². The Balaban J connectivity index is 2.56. The molecule has 1 aromatic carbocycles. The first kappa shape index (κ1) is 13.7. The van der Waals surface area contributed by atoms with Crippen molar-refractivity contribution in [2.24, 2.45) is 11.8 Å². The Morgan fingerprint density at radius 3 is 1.81 bits per heavy atom. The lowest BCUT2D eigenvalue weighted by Crippen LogP contribution is -2.04. The van der Waals surface area contributed by atoms with Crippen LogP contribution in [0.3, 0.4) is 0 Å². The molecule has 0 nitrogen and oxygen atoms in total. The van der Waals surface area contributed by atoms with Crippen LogP contribution in [0.15, 0.2) is 30.3 Å². The first-order chi connectivity index (χ1) is 7.58. The highest BCUT2D eigenvalue weighted by molar-refractivity contribution is 7.56. The first-order valence-corrected chi connectivity index (χ1v) is 8.24. The molecular weight excluding hydrogens is 211 g/mol. The van der Waals surface area contributed by atoms with Gasteiger partial charge in [-0.25, -0.2) is 0 Å². The third-order valence-electron chi connectivity index (χ3n) is 2.50. The van der Waals surface area contributed by atoms with Crippen molar-refractivity contribution in [3.05, 3.63) is 35.9 Å². The molecule has 0 aliphatic carbocycles. The zero-order chi connectivity index (χ0) is 12.0. The molecule has 0 spiro atoms. The smallest absolute Gasteiger partial charge is 0.00729 e. The molecule has 0 unspecified atom stereocenters. The average Bonchev–Trinajstić information content (AvgIpc) is 2.16. The number of rotatable bonds is 6. The summed E-state index contributed by atoms with van der Waals surface area (Å²) in [7, 11) is 0.184. The molecule has 90 valence electrons. The van der Waals surface area contributed by atoms with E-state index in [1.165, 1.54) is 24.0 Å². The van der Waals surface area contributed by atoms with Gasteiger partial charge in [0.1, 0.15) is 0 Å². The number of hydrogen-bond donors (Lipinski definition) is 0. The Hall–Kier alpha value is -0.350. The molecule has 0 aromatic heterocycles. The Morgan fingerprint density at radius 1 is 0.875 bits per heavy atom. The van der Waals surface area contributed by atoms with Gasteiger partial charge in [0.05, 0.1) is 0 Å². The van der Waals surface area contributed by atoms with Gasteiger partial charge in [-0.2, -0.15) is 0 Å². The van der Waals surface area contributed by atoms with E-state index in [9.17, 15) is 0 Å². The standard InChI is InChI=1S/C15H25P/c1-13(2)10-16(11-14(3)4)12-15-8-6-5-7-9-15/h5-9,13-14H,10-12H2,1-4H3. The molecule has 0 bridgehead atoms. The highest BCUT2D eigenvalue weighted by Gasteiger charge is 2.12. The Labute approximate surface area is 102 Å². The monoisotopic (exact) mass is 236 g/mol.